The molecule has 3 aromatic heterocycles. The van der Waals surface area contributed by atoms with Gasteiger partial charge in [0.05, 0.1) is 49.8 Å². The molecule has 2 bridgehead atoms. The molecule has 0 spiro atoms. The number of carbonyl (C=O) groups is 1. The first-order chi connectivity index (χ1) is 14.5. The minimum absolute atomic E-state index is 0.0432. The summed E-state index contributed by atoms with van der Waals surface area (Å²) < 4.78 is 18.7. The molecular weight excluding hydrogens is 384 g/mol. The zero-order valence-electron chi connectivity index (χ0n) is 17.3. The number of ketones is 1. The highest BCUT2D eigenvalue weighted by Gasteiger charge is 2.55. The van der Waals surface area contributed by atoms with Gasteiger partial charge in [-0.25, -0.2) is 15.0 Å². The van der Waals surface area contributed by atoms with Gasteiger partial charge in [-0.2, -0.15) is 0 Å². The summed E-state index contributed by atoms with van der Waals surface area (Å²) in [5, 5.41) is 0. The van der Waals surface area contributed by atoms with Crippen molar-refractivity contribution in [2.45, 2.75) is 43.6 Å². The van der Waals surface area contributed by atoms with E-state index in [1.165, 1.54) is 7.11 Å². The highest BCUT2D eigenvalue weighted by Crippen LogP contribution is 2.53. The van der Waals surface area contributed by atoms with Gasteiger partial charge in [-0.15, -0.1) is 0 Å². The summed E-state index contributed by atoms with van der Waals surface area (Å²) in [4.78, 5) is 26.3. The summed E-state index contributed by atoms with van der Waals surface area (Å²) in [5.74, 6) is 0.592. The number of pyridine rings is 1. The molecule has 2 fully saturated rings. The normalized spacial score (nSPS) is 25.0. The molecule has 1 aliphatic carbocycles. The van der Waals surface area contributed by atoms with Crippen LogP contribution in [0.1, 0.15) is 47.9 Å². The first-order valence-corrected chi connectivity index (χ1v) is 10.0. The highest BCUT2D eigenvalue weighted by atomic mass is 16.5. The number of nitrogens with zero attached hydrogens (tertiary/aromatic N) is 4. The lowest BCUT2D eigenvalue weighted by Gasteiger charge is -2.24. The van der Waals surface area contributed by atoms with Crippen LogP contribution in [0.25, 0.3) is 5.65 Å². The van der Waals surface area contributed by atoms with Gasteiger partial charge in [-0.3, -0.25) is 4.79 Å². The monoisotopic (exact) mass is 408 g/mol. The van der Waals surface area contributed by atoms with Crippen molar-refractivity contribution in [3.05, 3.63) is 47.7 Å². The van der Waals surface area contributed by atoms with Gasteiger partial charge in [0.2, 0.25) is 11.5 Å². The van der Waals surface area contributed by atoms with Gasteiger partial charge >= 0.3 is 0 Å². The quantitative estimate of drug-likeness (QED) is 0.580. The number of methoxy groups -OCH3 is 2. The van der Waals surface area contributed by atoms with Gasteiger partial charge in [0.1, 0.15) is 0 Å². The number of carbonyl (C=O) groups excluding carboxylic acids is 1. The Morgan fingerprint density at radius 1 is 1.20 bits per heavy atom. The number of Topliss-reactive ketones (excluding diaryl/α,β-unsaturated/α-hetero) is 1. The van der Waals surface area contributed by atoms with Gasteiger partial charge in [0.15, 0.2) is 5.78 Å². The average molecular weight is 408 g/mol. The number of ether oxygens (including phenoxy) is 3. The molecule has 0 radical (unpaired) electrons. The zero-order chi connectivity index (χ0) is 20.9. The summed E-state index contributed by atoms with van der Waals surface area (Å²) in [5.41, 5.74) is 2.58. The van der Waals surface area contributed by atoms with E-state index in [0.29, 0.717) is 35.3 Å². The third-order valence-electron chi connectivity index (χ3n) is 6.34. The Labute approximate surface area is 174 Å². The van der Waals surface area contributed by atoms with Crippen LogP contribution in [0.4, 0.5) is 0 Å². The summed E-state index contributed by atoms with van der Waals surface area (Å²) in [7, 11) is 3.07. The number of aromatic nitrogens is 4. The Morgan fingerprint density at radius 3 is 2.70 bits per heavy atom. The second-order valence-corrected chi connectivity index (χ2v) is 8.45. The molecule has 2 aliphatic rings. The fourth-order valence-corrected chi connectivity index (χ4v) is 4.77. The van der Waals surface area contributed by atoms with Crippen LogP contribution in [0.15, 0.2) is 30.7 Å². The van der Waals surface area contributed by atoms with Crippen molar-refractivity contribution in [2.75, 3.05) is 20.8 Å². The molecule has 1 aliphatic heterocycles. The van der Waals surface area contributed by atoms with Gasteiger partial charge in [0.25, 0.3) is 5.88 Å². The predicted octanol–water partition coefficient (Wildman–Crippen LogP) is 2.78. The molecule has 4 heterocycles. The minimum Gasteiger partial charge on any atom is -0.480 e. The molecular formula is C22H24N4O4. The molecule has 1 saturated carbocycles. The highest BCUT2D eigenvalue weighted by molar-refractivity contribution is 5.99. The summed E-state index contributed by atoms with van der Waals surface area (Å²) in [6.07, 6.45) is 8.66. The molecule has 30 heavy (non-hydrogen) atoms. The van der Waals surface area contributed by atoms with Crippen molar-refractivity contribution in [3.63, 3.8) is 0 Å². The fraction of sp³-hybridized carbons (Fsp3) is 0.455. The van der Waals surface area contributed by atoms with Crippen LogP contribution in [-0.2, 0) is 16.6 Å². The third kappa shape index (κ3) is 2.94. The predicted molar refractivity (Wildman–Crippen MR) is 108 cm³/mol. The second kappa shape index (κ2) is 6.77. The molecule has 5 rings (SSSR count). The van der Waals surface area contributed by atoms with E-state index in [2.05, 4.69) is 16.9 Å². The zero-order valence-corrected chi connectivity index (χ0v) is 17.3. The Kier molecular flexibility index (Phi) is 4.28. The smallest absolute Gasteiger partial charge is 0.258 e. The molecule has 2 unspecified atom stereocenters. The lowest BCUT2D eigenvalue weighted by atomic mass is 9.84. The average Bonchev–Trinajstić information content (AvgIpc) is 3.44. The van der Waals surface area contributed by atoms with E-state index in [-0.39, 0.29) is 23.2 Å². The molecule has 0 aromatic carbocycles. The maximum atomic E-state index is 12.8. The topological polar surface area (TPSA) is 87.8 Å². The maximum absolute atomic E-state index is 12.8. The van der Waals surface area contributed by atoms with Gasteiger partial charge in [0, 0.05) is 24.0 Å². The van der Waals surface area contributed by atoms with Crippen LogP contribution in [0.5, 0.6) is 11.8 Å². The van der Waals surface area contributed by atoms with Crippen LogP contribution in [0.3, 0.4) is 0 Å². The fourth-order valence-electron chi connectivity index (χ4n) is 4.77. The van der Waals surface area contributed by atoms with Crippen molar-refractivity contribution >= 4 is 11.4 Å². The lowest BCUT2D eigenvalue weighted by molar-refractivity contribution is -0.00627. The Morgan fingerprint density at radius 2 is 2.03 bits per heavy atom. The third-order valence-corrected chi connectivity index (χ3v) is 6.34. The minimum atomic E-state index is -0.122. The first-order valence-electron chi connectivity index (χ1n) is 10.0. The van der Waals surface area contributed by atoms with Crippen molar-refractivity contribution in [1.82, 2.24) is 19.4 Å². The van der Waals surface area contributed by atoms with E-state index in [4.69, 9.17) is 19.2 Å². The van der Waals surface area contributed by atoms with Crippen LogP contribution in [0.2, 0.25) is 0 Å². The maximum Gasteiger partial charge on any atom is 0.258 e. The van der Waals surface area contributed by atoms with Crippen LogP contribution >= 0.6 is 0 Å². The Bertz CT molecular complexity index is 1130. The van der Waals surface area contributed by atoms with E-state index in [1.54, 1.807) is 25.4 Å². The Hall–Kier alpha value is -3.00. The van der Waals surface area contributed by atoms with Crippen molar-refractivity contribution in [1.29, 1.82) is 0 Å². The van der Waals surface area contributed by atoms with Crippen LogP contribution in [-0.4, -0.2) is 51.6 Å². The first kappa shape index (κ1) is 19.0. The molecule has 3 aromatic rings. The number of imidazole rings is 1. The van der Waals surface area contributed by atoms with Gasteiger partial charge in [-0.1, -0.05) is 0 Å². The van der Waals surface area contributed by atoms with E-state index >= 15 is 0 Å². The summed E-state index contributed by atoms with van der Waals surface area (Å²) in [6, 6.07) is 3.42. The van der Waals surface area contributed by atoms with Gasteiger partial charge in [-0.05, 0) is 38.3 Å². The van der Waals surface area contributed by atoms with Crippen molar-refractivity contribution in [2.24, 2.45) is 0 Å². The molecule has 1 saturated heterocycles. The van der Waals surface area contributed by atoms with Crippen molar-refractivity contribution < 1.29 is 19.0 Å². The lowest BCUT2D eigenvalue weighted by Crippen LogP contribution is -2.26. The van der Waals surface area contributed by atoms with Crippen LogP contribution < -0.4 is 9.47 Å². The molecule has 8 heteroatoms. The molecule has 0 amide bonds. The van der Waals surface area contributed by atoms with E-state index in [1.807, 2.05) is 16.8 Å². The summed E-state index contributed by atoms with van der Waals surface area (Å²) in [6.45, 7) is 2.87. The van der Waals surface area contributed by atoms with E-state index in [0.717, 1.165) is 25.0 Å². The number of fused-ring (bicyclic) bond motifs is 3. The summed E-state index contributed by atoms with van der Waals surface area (Å²) >= 11 is 0. The van der Waals surface area contributed by atoms with E-state index in [9.17, 15) is 4.79 Å². The Balaban J connectivity index is 1.49. The number of hydrogen-bond donors (Lipinski definition) is 0. The second-order valence-electron chi connectivity index (χ2n) is 8.45. The standard InChI is InChI=1S/C22H24N4O4/c1-21-6-7-22(12-21,13-30-21)17-11-26-10-14(24-20(29-3)18(26)25-17)9-16(27)15-5-4-8-23-19(15)28-2/h4-5,8,10-11H,6-7,9,12-13H2,1-3H3. The van der Waals surface area contributed by atoms with Crippen LogP contribution in [0, 0.1) is 0 Å². The van der Waals surface area contributed by atoms with Gasteiger partial charge < -0.3 is 18.6 Å². The number of hydrogen-bond acceptors (Lipinski definition) is 7. The SMILES string of the molecule is COc1ncccc1C(=O)Cc1cn2cc(C34CCC(C)(C3)OC4)nc2c(OC)n1. The molecule has 8 nitrogen and oxygen atoms in total. The van der Waals surface area contributed by atoms with E-state index < -0.39 is 0 Å². The largest absolute Gasteiger partial charge is 0.480 e. The molecule has 156 valence electrons. The van der Waals surface area contributed by atoms with Crippen molar-refractivity contribution in [3.8, 4) is 11.8 Å². The molecule has 2 atom stereocenters. The number of rotatable bonds is 6. The molecule has 0 N–H and O–H groups in total.